The number of alkyl halides is 3. The van der Waals surface area contributed by atoms with Crippen molar-refractivity contribution in [3.8, 4) is 0 Å². The zero-order valence-corrected chi connectivity index (χ0v) is 23.1. The number of piperazine rings is 1. The van der Waals surface area contributed by atoms with Crippen LogP contribution in [0.4, 0.5) is 38.7 Å². The summed E-state index contributed by atoms with van der Waals surface area (Å²) in [7, 11) is 1.30. The van der Waals surface area contributed by atoms with E-state index in [0.717, 1.165) is 21.9 Å². The van der Waals surface area contributed by atoms with Crippen molar-refractivity contribution in [2.24, 2.45) is 0 Å². The molecule has 10 nitrogen and oxygen atoms in total. The molecule has 0 unspecified atom stereocenters. The molecule has 2 fully saturated rings. The first-order chi connectivity index (χ1) is 19.3. The van der Waals surface area contributed by atoms with E-state index in [1.165, 1.54) is 42.0 Å². The van der Waals surface area contributed by atoms with E-state index in [2.05, 4.69) is 4.98 Å². The number of likely N-dealkylation sites (N-methyl/N-ethyl adjacent to an activating group) is 1. The summed E-state index contributed by atoms with van der Waals surface area (Å²) in [5.74, 6) is -1.93. The average Bonchev–Trinajstić information content (AvgIpc) is 3.24. The molecule has 1 aromatic heterocycles. The van der Waals surface area contributed by atoms with Crippen molar-refractivity contribution in [1.82, 2.24) is 19.7 Å². The molecule has 2 aromatic rings. The number of urea groups is 1. The quantitative estimate of drug-likeness (QED) is 0.479. The van der Waals surface area contributed by atoms with Crippen molar-refractivity contribution in [2.75, 3.05) is 62.7 Å². The lowest BCUT2D eigenvalue weighted by atomic mass is 10.1. The molecule has 4 amide bonds. The molecule has 1 aromatic carbocycles. The minimum Gasteiger partial charge on any atom is -0.465 e. The van der Waals surface area contributed by atoms with E-state index < -0.39 is 41.6 Å². The molecular weight excluding hydrogens is 572 g/mol. The number of aryl methyl sites for hydroxylation is 1. The van der Waals surface area contributed by atoms with Gasteiger partial charge in [-0.05, 0) is 44.2 Å². The van der Waals surface area contributed by atoms with Gasteiger partial charge in [0, 0.05) is 45.5 Å². The molecule has 0 spiro atoms. The third-order valence-electron chi connectivity index (χ3n) is 7.15. The summed E-state index contributed by atoms with van der Waals surface area (Å²) < 4.78 is 55.5. The third-order valence-corrected chi connectivity index (χ3v) is 7.44. The Morgan fingerprint density at radius 2 is 1.83 bits per heavy atom. The first-order valence-electron chi connectivity index (χ1n) is 12.8. The molecular formula is C26H29ClF4N6O4. The topological polar surface area (TPSA) is 101 Å². The molecule has 2 aliphatic rings. The summed E-state index contributed by atoms with van der Waals surface area (Å²) in [6.45, 7) is 3.69. The molecule has 0 aliphatic carbocycles. The Morgan fingerprint density at radius 1 is 1.15 bits per heavy atom. The smallest absolute Gasteiger partial charge is 0.416 e. The van der Waals surface area contributed by atoms with Gasteiger partial charge < -0.3 is 19.8 Å². The van der Waals surface area contributed by atoms with E-state index in [-0.39, 0.29) is 35.3 Å². The molecule has 1 N–H and O–H groups in total. The van der Waals surface area contributed by atoms with Crippen LogP contribution in [0.2, 0.25) is 5.02 Å². The molecule has 4 rings (SSSR count). The van der Waals surface area contributed by atoms with Crippen LogP contribution in [-0.2, 0) is 11.0 Å². The summed E-state index contributed by atoms with van der Waals surface area (Å²) >= 11 is 5.88. The number of pyridine rings is 1. The molecule has 2 aliphatic heterocycles. The van der Waals surface area contributed by atoms with Gasteiger partial charge in [0.15, 0.2) is 5.82 Å². The maximum Gasteiger partial charge on any atom is 0.416 e. The van der Waals surface area contributed by atoms with Gasteiger partial charge in [0.25, 0.3) is 5.91 Å². The van der Waals surface area contributed by atoms with Gasteiger partial charge in [-0.15, -0.1) is 0 Å². The van der Waals surface area contributed by atoms with Crippen molar-refractivity contribution in [1.29, 1.82) is 0 Å². The van der Waals surface area contributed by atoms with Crippen molar-refractivity contribution < 1.29 is 37.1 Å². The maximum absolute atomic E-state index is 14.7. The van der Waals surface area contributed by atoms with Gasteiger partial charge in [-0.25, -0.2) is 19.0 Å². The summed E-state index contributed by atoms with van der Waals surface area (Å²) in [6, 6.07) is 3.65. The number of anilines is 2. The lowest BCUT2D eigenvalue weighted by molar-refractivity contribution is -0.137. The number of amides is 4. The number of rotatable bonds is 7. The number of hydrogen-bond acceptors (Lipinski definition) is 5. The molecule has 1 atom stereocenters. The van der Waals surface area contributed by atoms with E-state index in [1.807, 2.05) is 4.90 Å². The van der Waals surface area contributed by atoms with Gasteiger partial charge >= 0.3 is 18.3 Å². The fraction of sp³-hybridized carbons (Fsp3) is 0.462. The Balaban J connectivity index is 1.57. The van der Waals surface area contributed by atoms with Crippen LogP contribution in [0.15, 0.2) is 30.3 Å². The fourth-order valence-electron chi connectivity index (χ4n) is 4.97. The Bertz CT molecular complexity index is 1320. The molecule has 222 valence electrons. The Kier molecular flexibility index (Phi) is 8.92. The Hall–Kier alpha value is -3.65. The summed E-state index contributed by atoms with van der Waals surface area (Å²) in [5.41, 5.74) is -1.17. The number of carbonyl (C=O) groups is 3. The number of carbonyl (C=O) groups excluding carboxylic acids is 2. The van der Waals surface area contributed by atoms with Crippen molar-refractivity contribution in [3.05, 3.63) is 52.4 Å². The molecule has 0 bridgehead atoms. The number of benzene rings is 1. The molecule has 41 heavy (non-hydrogen) atoms. The monoisotopic (exact) mass is 600 g/mol. The zero-order chi connectivity index (χ0) is 30.1. The number of nitrogens with zero attached hydrogens (tertiary/aromatic N) is 6. The van der Waals surface area contributed by atoms with Crippen molar-refractivity contribution in [2.45, 2.75) is 25.6 Å². The highest BCUT2D eigenvalue weighted by Crippen LogP contribution is 2.34. The van der Waals surface area contributed by atoms with Crippen LogP contribution in [0.3, 0.4) is 0 Å². The van der Waals surface area contributed by atoms with Gasteiger partial charge in [0.05, 0.1) is 22.8 Å². The first-order valence-corrected chi connectivity index (χ1v) is 13.2. The second-order valence-corrected chi connectivity index (χ2v) is 10.3. The predicted octanol–water partition coefficient (Wildman–Crippen LogP) is 4.16. The Labute approximate surface area is 238 Å². The molecule has 3 heterocycles. The van der Waals surface area contributed by atoms with Crippen LogP contribution in [0.25, 0.3) is 0 Å². The molecule has 0 saturated carbocycles. The molecule has 2 saturated heterocycles. The third kappa shape index (κ3) is 6.64. The van der Waals surface area contributed by atoms with E-state index in [4.69, 9.17) is 16.7 Å². The van der Waals surface area contributed by atoms with E-state index in [0.29, 0.717) is 39.1 Å². The van der Waals surface area contributed by atoms with E-state index in [9.17, 15) is 31.9 Å². The van der Waals surface area contributed by atoms with Crippen LogP contribution < -0.4 is 9.80 Å². The van der Waals surface area contributed by atoms with Gasteiger partial charge in [-0.2, -0.15) is 13.2 Å². The summed E-state index contributed by atoms with van der Waals surface area (Å²) in [5, 5.41) is 8.89. The van der Waals surface area contributed by atoms with Crippen molar-refractivity contribution in [3.63, 3.8) is 0 Å². The first kappa shape index (κ1) is 30.3. The number of hydrogen-bond donors (Lipinski definition) is 1. The summed E-state index contributed by atoms with van der Waals surface area (Å²) in [4.78, 5) is 49.1. The van der Waals surface area contributed by atoms with Crippen LogP contribution in [0.1, 0.15) is 17.7 Å². The standard InChI is InChI=1S/C26H29ClF4N6O4/c1-16-13-17(26(29,30)31)14-21(32-16)37-20(23(38)33(2)19-6-3-5-18(27)22(19)28)15-36(24(37)39)8-4-7-34-9-11-35(12-10-34)25(40)41/h3,5-6,13-14,20H,4,7-12,15H2,1-2H3,(H,40,41)/t20-/m0/s1. The highest BCUT2D eigenvalue weighted by Gasteiger charge is 2.45. The van der Waals surface area contributed by atoms with Crippen LogP contribution in [0.5, 0.6) is 0 Å². The van der Waals surface area contributed by atoms with Gasteiger partial charge in [-0.3, -0.25) is 14.6 Å². The largest absolute Gasteiger partial charge is 0.465 e. The van der Waals surface area contributed by atoms with Crippen LogP contribution >= 0.6 is 11.6 Å². The summed E-state index contributed by atoms with van der Waals surface area (Å²) in [6.07, 6.45) is -5.22. The lowest BCUT2D eigenvalue weighted by Crippen LogP contribution is -2.48. The minimum atomic E-state index is -4.71. The van der Waals surface area contributed by atoms with Crippen molar-refractivity contribution >= 4 is 41.1 Å². The second kappa shape index (κ2) is 12.1. The average molecular weight is 601 g/mol. The lowest BCUT2D eigenvalue weighted by Gasteiger charge is -2.33. The zero-order valence-electron chi connectivity index (χ0n) is 22.4. The number of carboxylic acid groups (broad SMARTS) is 1. The number of aromatic nitrogens is 1. The van der Waals surface area contributed by atoms with Gasteiger partial charge in [0.1, 0.15) is 11.9 Å². The SMILES string of the molecule is Cc1cc(C(F)(F)F)cc(N2C(=O)N(CCCN3CCN(C(=O)O)CC3)C[C@H]2C(=O)N(C)c2cccc(Cl)c2F)n1. The van der Waals surface area contributed by atoms with Gasteiger partial charge in [0.2, 0.25) is 0 Å². The van der Waals surface area contributed by atoms with E-state index in [1.54, 1.807) is 0 Å². The minimum absolute atomic E-state index is 0.00187. The highest BCUT2D eigenvalue weighted by molar-refractivity contribution is 6.31. The normalized spacial score (nSPS) is 18.3. The fourth-order valence-corrected chi connectivity index (χ4v) is 5.14. The van der Waals surface area contributed by atoms with E-state index >= 15 is 0 Å². The number of halogens is 5. The second-order valence-electron chi connectivity index (χ2n) is 9.90. The predicted molar refractivity (Wildman–Crippen MR) is 143 cm³/mol. The molecule has 0 radical (unpaired) electrons. The van der Waals surface area contributed by atoms with Crippen LogP contribution in [0, 0.1) is 12.7 Å². The maximum atomic E-state index is 14.7. The van der Waals surface area contributed by atoms with Gasteiger partial charge in [-0.1, -0.05) is 17.7 Å². The Morgan fingerprint density at radius 3 is 2.46 bits per heavy atom. The molecule has 15 heteroatoms. The highest BCUT2D eigenvalue weighted by atomic mass is 35.5. The van der Waals surface area contributed by atoms with Crippen LogP contribution in [-0.4, -0.2) is 102 Å².